The third kappa shape index (κ3) is 5.13. The third-order valence-electron chi connectivity index (χ3n) is 6.46. The lowest BCUT2D eigenvalue weighted by Gasteiger charge is -2.40. The van der Waals surface area contributed by atoms with Gasteiger partial charge in [-0.3, -0.25) is 14.8 Å². The largest absolute Gasteiger partial charge is 0.475 e. The van der Waals surface area contributed by atoms with Crippen LogP contribution >= 0.6 is 0 Å². The van der Waals surface area contributed by atoms with Crippen molar-refractivity contribution in [2.45, 2.75) is 65.6 Å². The van der Waals surface area contributed by atoms with Crippen molar-refractivity contribution in [1.82, 2.24) is 14.8 Å². The number of hydrogen-bond donors (Lipinski definition) is 0. The Hall–Kier alpha value is -2.43. The van der Waals surface area contributed by atoms with Gasteiger partial charge in [-0.15, -0.1) is 0 Å². The second-order valence-corrected chi connectivity index (χ2v) is 9.00. The van der Waals surface area contributed by atoms with Gasteiger partial charge in [0.25, 0.3) is 0 Å². The maximum atomic E-state index is 6.27. The molecule has 2 aromatic carbocycles. The smallest absolute Gasteiger partial charge is 0.152 e. The van der Waals surface area contributed by atoms with Crippen LogP contribution in [0.4, 0.5) is 0 Å². The van der Waals surface area contributed by atoms with Crippen LogP contribution in [0.25, 0.3) is 10.9 Å². The van der Waals surface area contributed by atoms with E-state index < -0.39 is 0 Å². The van der Waals surface area contributed by atoms with Crippen LogP contribution < -0.4 is 4.74 Å². The van der Waals surface area contributed by atoms with E-state index in [2.05, 4.69) is 78.0 Å². The zero-order chi connectivity index (χ0) is 22.3. The minimum Gasteiger partial charge on any atom is -0.475 e. The molecule has 0 bridgehead atoms. The fourth-order valence-corrected chi connectivity index (χ4v) is 4.85. The monoisotopic (exact) mass is 431 g/mol. The van der Waals surface area contributed by atoms with Crippen LogP contribution in [-0.4, -0.2) is 40.6 Å². The molecule has 0 unspecified atom stereocenters. The van der Waals surface area contributed by atoms with Gasteiger partial charge in [0.2, 0.25) is 0 Å². The Bertz CT molecular complexity index is 996. The predicted molar refractivity (Wildman–Crippen MR) is 133 cm³/mol. The van der Waals surface area contributed by atoms with Crippen molar-refractivity contribution < 1.29 is 4.74 Å². The first kappa shape index (κ1) is 22.8. The number of likely N-dealkylation sites (tertiary alicyclic amines) is 1. The molecular formula is C28H37N3O. The van der Waals surface area contributed by atoms with Crippen LogP contribution in [0.15, 0.2) is 54.7 Å². The molecule has 0 amide bonds. The Kier molecular flexibility index (Phi) is 7.77. The molecule has 0 atom stereocenters. The summed E-state index contributed by atoms with van der Waals surface area (Å²) in [6.45, 7) is 11.5. The van der Waals surface area contributed by atoms with E-state index in [4.69, 9.17) is 4.74 Å². The average Bonchev–Trinajstić information content (AvgIpc) is 2.85. The molecule has 5 rings (SSSR count). The fraction of sp³-hybridized carbons (Fsp3) is 0.464. The van der Waals surface area contributed by atoms with Gasteiger partial charge in [0, 0.05) is 36.3 Å². The van der Waals surface area contributed by atoms with E-state index in [9.17, 15) is 0 Å². The molecule has 1 aromatic heterocycles. The standard InChI is InChI=1S/C25H29N3O.C3H8/c1-2-20-15-21-17-28(18-29-25(21)24-23(20)9-6-12-26-24)22-10-13-27(14-11-22)16-19-7-4-3-5-8-19;1-3-2/h3-9,12,15,22H,2,10-11,13-14,16-18H2,1H3;3H2,1-2H3. The van der Waals surface area contributed by atoms with Crippen LogP contribution in [-0.2, 0) is 19.5 Å². The molecule has 2 aliphatic rings. The number of fused-ring (bicyclic) bond motifs is 3. The predicted octanol–water partition coefficient (Wildman–Crippen LogP) is 6.03. The normalized spacial score (nSPS) is 17.3. The van der Waals surface area contributed by atoms with E-state index in [1.165, 1.54) is 41.3 Å². The molecule has 2 aliphatic heterocycles. The van der Waals surface area contributed by atoms with E-state index >= 15 is 0 Å². The molecule has 4 nitrogen and oxygen atoms in total. The number of rotatable bonds is 4. The van der Waals surface area contributed by atoms with Gasteiger partial charge >= 0.3 is 0 Å². The van der Waals surface area contributed by atoms with E-state index in [0.717, 1.165) is 43.9 Å². The van der Waals surface area contributed by atoms with Crippen LogP contribution in [0.2, 0.25) is 0 Å². The average molecular weight is 432 g/mol. The molecule has 170 valence electrons. The molecule has 0 spiro atoms. The summed E-state index contributed by atoms with van der Waals surface area (Å²) in [6, 6.07) is 17.9. The van der Waals surface area contributed by atoms with Crippen LogP contribution in [0, 0.1) is 0 Å². The molecule has 0 N–H and O–H groups in total. The summed E-state index contributed by atoms with van der Waals surface area (Å²) in [5.41, 5.74) is 5.10. The Labute approximate surface area is 193 Å². The number of ether oxygens (including phenoxy) is 1. The number of pyridine rings is 1. The number of aromatic nitrogens is 1. The second-order valence-electron chi connectivity index (χ2n) is 9.00. The van der Waals surface area contributed by atoms with Crippen LogP contribution in [0.5, 0.6) is 5.75 Å². The topological polar surface area (TPSA) is 28.6 Å². The summed E-state index contributed by atoms with van der Waals surface area (Å²) >= 11 is 0. The molecule has 4 heteroatoms. The summed E-state index contributed by atoms with van der Waals surface area (Å²) < 4.78 is 6.27. The van der Waals surface area contributed by atoms with Crippen molar-refractivity contribution >= 4 is 10.9 Å². The first-order valence-electron chi connectivity index (χ1n) is 12.3. The lowest BCUT2D eigenvalue weighted by atomic mass is 9.98. The maximum Gasteiger partial charge on any atom is 0.152 e. The van der Waals surface area contributed by atoms with Crippen LogP contribution in [0.1, 0.15) is 56.7 Å². The zero-order valence-corrected chi connectivity index (χ0v) is 19.9. The summed E-state index contributed by atoms with van der Waals surface area (Å²) in [6.07, 6.45) is 6.56. The highest BCUT2D eigenvalue weighted by atomic mass is 16.5. The Morgan fingerprint density at radius 3 is 2.47 bits per heavy atom. The molecule has 32 heavy (non-hydrogen) atoms. The van der Waals surface area contributed by atoms with Crippen molar-refractivity contribution in [2.24, 2.45) is 0 Å². The molecular weight excluding hydrogens is 394 g/mol. The number of benzene rings is 2. The van der Waals surface area contributed by atoms with Crippen molar-refractivity contribution in [2.75, 3.05) is 19.8 Å². The van der Waals surface area contributed by atoms with E-state index in [1.807, 2.05) is 12.3 Å². The molecule has 3 heterocycles. The van der Waals surface area contributed by atoms with Crippen molar-refractivity contribution in [3.05, 3.63) is 71.4 Å². The Balaban J connectivity index is 0.000000775. The van der Waals surface area contributed by atoms with Gasteiger partial charge in [0.05, 0.1) is 0 Å². The highest BCUT2D eigenvalue weighted by Gasteiger charge is 2.29. The molecule has 1 saturated heterocycles. The summed E-state index contributed by atoms with van der Waals surface area (Å²) in [7, 11) is 0. The molecule has 0 aliphatic carbocycles. The Morgan fingerprint density at radius 2 is 1.75 bits per heavy atom. The Morgan fingerprint density at radius 1 is 1.00 bits per heavy atom. The van der Waals surface area contributed by atoms with Crippen LogP contribution in [0.3, 0.4) is 0 Å². The van der Waals surface area contributed by atoms with Crippen molar-refractivity contribution in [3.8, 4) is 5.75 Å². The lowest BCUT2D eigenvalue weighted by molar-refractivity contribution is 0.0250. The van der Waals surface area contributed by atoms with Gasteiger partial charge < -0.3 is 4.74 Å². The van der Waals surface area contributed by atoms with Gasteiger partial charge in [-0.1, -0.05) is 69.7 Å². The molecule has 0 saturated carbocycles. The van der Waals surface area contributed by atoms with Crippen molar-refractivity contribution in [1.29, 1.82) is 0 Å². The second kappa shape index (κ2) is 10.9. The quantitative estimate of drug-likeness (QED) is 0.504. The van der Waals surface area contributed by atoms with Gasteiger partial charge in [0.1, 0.15) is 12.2 Å². The highest BCUT2D eigenvalue weighted by molar-refractivity contribution is 5.89. The minimum absolute atomic E-state index is 0.597. The molecule has 3 aromatic rings. The third-order valence-corrected chi connectivity index (χ3v) is 6.46. The number of aryl methyl sites for hydroxylation is 1. The van der Waals surface area contributed by atoms with E-state index in [-0.39, 0.29) is 0 Å². The maximum absolute atomic E-state index is 6.27. The van der Waals surface area contributed by atoms with Gasteiger partial charge in [-0.05, 0) is 49.5 Å². The van der Waals surface area contributed by atoms with Crippen molar-refractivity contribution in [3.63, 3.8) is 0 Å². The number of nitrogens with zero attached hydrogens (tertiary/aromatic N) is 3. The van der Waals surface area contributed by atoms with E-state index in [1.54, 1.807) is 0 Å². The summed E-state index contributed by atoms with van der Waals surface area (Å²) in [4.78, 5) is 9.75. The molecule has 1 fully saturated rings. The van der Waals surface area contributed by atoms with E-state index in [0.29, 0.717) is 12.8 Å². The van der Waals surface area contributed by atoms with Gasteiger partial charge in [-0.25, -0.2) is 0 Å². The minimum atomic E-state index is 0.597. The van der Waals surface area contributed by atoms with Gasteiger partial charge in [-0.2, -0.15) is 0 Å². The highest BCUT2D eigenvalue weighted by Crippen LogP contribution is 2.36. The zero-order valence-electron chi connectivity index (χ0n) is 19.9. The number of hydrogen-bond acceptors (Lipinski definition) is 4. The SMILES string of the molecule is CCC.CCc1cc2c(c3ncccc13)OCN(C1CCN(Cc3ccccc3)CC1)C2. The molecule has 0 radical (unpaired) electrons. The first-order valence-corrected chi connectivity index (χ1v) is 12.3. The number of piperidine rings is 1. The fourth-order valence-electron chi connectivity index (χ4n) is 4.85. The summed E-state index contributed by atoms with van der Waals surface area (Å²) in [5.74, 6) is 0.996. The lowest BCUT2D eigenvalue weighted by Crippen LogP contribution is -2.47. The summed E-state index contributed by atoms with van der Waals surface area (Å²) in [5, 5.41) is 1.23. The van der Waals surface area contributed by atoms with Gasteiger partial charge in [0.15, 0.2) is 5.75 Å². The first-order chi connectivity index (χ1) is 15.7.